The van der Waals surface area contributed by atoms with E-state index in [0.717, 1.165) is 12.8 Å². The van der Waals surface area contributed by atoms with Gasteiger partial charge in [0.15, 0.2) is 5.79 Å². The molecule has 0 fully saturated rings. The van der Waals surface area contributed by atoms with Crippen molar-refractivity contribution in [1.82, 2.24) is 0 Å². The van der Waals surface area contributed by atoms with Crippen molar-refractivity contribution in [2.75, 3.05) is 6.61 Å². The first-order valence-corrected chi connectivity index (χ1v) is 3.59. The molecule has 0 atom stereocenters. The minimum Gasteiger partial charge on any atom is -0.348 e. The van der Waals surface area contributed by atoms with Crippen molar-refractivity contribution in [1.29, 1.82) is 0 Å². The van der Waals surface area contributed by atoms with Crippen molar-refractivity contribution in [2.45, 2.75) is 39.4 Å². The third-order valence-electron chi connectivity index (χ3n) is 1.17. The highest BCUT2D eigenvalue weighted by Crippen LogP contribution is 2.09. The summed E-state index contributed by atoms with van der Waals surface area (Å²) in [6.07, 6.45) is 2.08. The Balaban J connectivity index is 3.28. The van der Waals surface area contributed by atoms with Gasteiger partial charge in [0.05, 0.1) is 6.61 Å². The highest BCUT2D eigenvalue weighted by Gasteiger charge is 2.17. The van der Waals surface area contributed by atoms with Crippen LogP contribution < -0.4 is 0 Å². The molecule has 62 valence electrons. The Kier molecular flexibility index (Phi) is 4.60. The molecule has 3 heteroatoms. The molecule has 3 nitrogen and oxygen atoms in total. The molecule has 0 saturated carbocycles. The smallest absolute Gasteiger partial charge is 0.195 e. The van der Waals surface area contributed by atoms with Gasteiger partial charge in [0.25, 0.3) is 0 Å². The Hall–Kier alpha value is -0.120. The zero-order valence-electron chi connectivity index (χ0n) is 6.89. The predicted molar refractivity (Wildman–Crippen MR) is 38.7 cm³/mol. The van der Waals surface area contributed by atoms with E-state index in [1.165, 1.54) is 0 Å². The van der Waals surface area contributed by atoms with Gasteiger partial charge in [-0.3, -0.25) is 0 Å². The second-order valence-electron chi connectivity index (χ2n) is 2.69. The van der Waals surface area contributed by atoms with Crippen molar-refractivity contribution in [2.24, 2.45) is 0 Å². The van der Waals surface area contributed by atoms with Gasteiger partial charge in [-0.1, -0.05) is 13.3 Å². The molecule has 0 unspecified atom stereocenters. The van der Waals surface area contributed by atoms with Crippen LogP contribution in [0.5, 0.6) is 0 Å². The van der Waals surface area contributed by atoms with Crippen LogP contribution in [0.3, 0.4) is 0 Å². The number of rotatable bonds is 5. The van der Waals surface area contributed by atoms with Crippen LogP contribution in [0.1, 0.15) is 33.6 Å². The minimum atomic E-state index is -0.852. The zero-order valence-corrected chi connectivity index (χ0v) is 6.89. The largest absolute Gasteiger partial charge is 0.348 e. The zero-order chi connectivity index (χ0) is 8.04. The van der Waals surface area contributed by atoms with Gasteiger partial charge >= 0.3 is 0 Å². The number of unbranched alkanes of at least 4 members (excludes halogenated alkanes) is 1. The SMILES string of the molecule is CCCCOC(C)(C)OO. The lowest BCUT2D eigenvalue weighted by molar-refractivity contribution is -0.390. The summed E-state index contributed by atoms with van der Waals surface area (Å²) in [5, 5.41) is 8.27. The summed E-state index contributed by atoms with van der Waals surface area (Å²) in [5.41, 5.74) is 0. The molecule has 0 rings (SSSR count). The molecule has 10 heavy (non-hydrogen) atoms. The van der Waals surface area contributed by atoms with E-state index in [4.69, 9.17) is 9.99 Å². The lowest BCUT2D eigenvalue weighted by Crippen LogP contribution is -2.27. The van der Waals surface area contributed by atoms with E-state index in [-0.39, 0.29) is 0 Å². The van der Waals surface area contributed by atoms with Gasteiger partial charge in [0, 0.05) is 0 Å². The van der Waals surface area contributed by atoms with Gasteiger partial charge in [-0.2, -0.15) is 0 Å². The molecule has 0 aliphatic carbocycles. The number of hydrogen-bond acceptors (Lipinski definition) is 3. The molecule has 1 N–H and O–H groups in total. The summed E-state index contributed by atoms with van der Waals surface area (Å²) in [6.45, 7) is 6.05. The topological polar surface area (TPSA) is 38.7 Å². The minimum absolute atomic E-state index is 0.629. The van der Waals surface area contributed by atoms with E-state index in [0.29, 0.717) is 6.61 Å². The molecular weight excluding hydrogens is 132 g/mol. The van der Waals surface area contributed by atoms with Gasteiger partial charge in [-0.15, -0.1) is 0 Å². The van der Waals surface area contributed by atoms with Crippen LogP contribution in [0.4, 0.5) is 0 Å². The average molecular weight is 148 g/mol. The fourth-order valence-corrected chi connectivity index (χ4v) is 0.489. The first-order chi connectivity index (χ1) is 4.62. The maximum atomic E-state index is 8.27. The first kappa shape index (κ1) is 9.88. The third kappa shape index (κ3) is 4.73. The standard InChI is InChI=1S/C7H16O3/c1-4-5-6-9-7(2,3)10-8/h8H,4-6H2,1-3H3. The van der Waals surface area contributed by atoms with Crippen molar-refractivity contribution >= 4 is 0 Å². The van der Waals surface area contributed by atoms with Crippen LogP contribution in [0.2, 0.25) is 0 Å². The molecular formula is C7H16O3. The maximum absolute atomic E-state index is 8.27. The molecule has 0 aromatic heterocycles. The fraction of sp³-hybridized carbons (Fsp3) is 1.00. The van der Waals surface area contributed by atoms with Crippen molar-refractivity contribution in [3.05, 3.63) is 0 Å². The molecule has 0 heterocycles. The van der Waals surface area contributed by atoms with Gasteiger partial charge in [-0.25, -0.2) is 10.1 Å². The monoisotopic (exact) mass is 148 g/mol. The summed E-state index contributed by atoms with van der Waals surface area (Å²) in [4.78, 5) is 4.06. The van der Waals surface area contributed by atoms with Crippen LogP contribution in [-0.4, -0.2) is 17.7 Å². The molecule has 0 aliphatic rings. The van der Waals surface area contributed by atoms with Crippen LogP contribution >= 0.6 is 0 Å². The molecule has 0 aliphatic heterocycles. The lowest BCUT2D eigenvalue weighted by atomic mass is 10.3. The van der Waals surface area contributed by atoms with Crippen molar-refractivity contribution < 1.29 is 14.9 Å². The Morgan fingerprint density at radius 1 is 1.40 bits per heavy atom. The molecule has 0 spiro atoms. The van der Waals surface area contributed by atoms with E-state index < -0.39 is 5.79 Å². The molecule has 0 bridgehead atoms. The Morgan fingerprint density at radius 3 is 2.40 bits per heavy atom. The van der Waals surface area contributed by atoms with E-state index in [1.54, 1.807) is 13.8 Å². The Morgan fingerprint density at radius 2 is 2.00 bits per heavy atom. The number of ether oxygens (including phenoxy) is 1. The van der Waals surface area contributed by atoms with Crippen molar-refractivity contribution in [3.63, 3.8) is 0 Å². The van der Waals surface area contributed by atoms with E-state index in [2.05, 4.69) is 11.8 Å². The molecule has 0 saturated heterocycles. The average Bonchev–Trinajstić information content (AvgIpc) is 1.89. The van der Waals surface area contributed by atoms with E-state index in [9.17, 15) is 0 Å². The van der Waals surface area contributed by atoms with Crippen LogP contribution in [-0.2, 0) is 9.62 Å². The Bertz CT molecular complexity index is 80.9. The molecule has 0 aromatic rings. The van der Waals surface area contributed by atoms with Crippen LogP contribution in [0.15, 0.2) is 0 Å². The second-order valence-corrected chi connectivity index (χ2v) is 2.69. The van der Waals surface area contributed by atoms with E-state index in [1.807, 2.05) is 0 Å². The van der Waals surface area contributed by atoms with Crippen molar-refractivity contribution in [3.8, 4) is 0 Å². The summed E-state index contributed by atoms with van der Waals surface area (Å²) in [7, 11) is 0. The third-order valence-corrected chi connectivity index (χ3v) is 1.17. The fourth-order valence-electron chi connectivity index (χ4n) is 0.489. The highest BCUT2D eigenvalue weighted by molar-refractivity contribution is 4.49. The molecule has 0 radical (unpaired) electrons. The van der Waals surface area contributed by atoms with E-state index >= 15 is 0 Å². The number of hydrogen-bond donors (Lipinski definition) is 1. The summed E-state index contributed by atoms with van der Waals surface area (Å²) < 4.78 is 5.15. The quantitative estimate of drug-likeness (QED) is 0.280. The predicted octanol–water partition coefficient (Wildman–Crippen LogP) is 2.03. The summed E-state index contributed by atoms with van der Waals surface area (Å²) in [6, 6.07) is 0. The highest BCUT2D eigenvalue weighted by atomic mass is 17.1. The normalized spacial score (nSPS) is 12.0. The molecule has 0 amide bonds. The Labute approximate surface area is 61.9 Å². The van der Waals surface area contributed by atoms with Gasteiger partial charge in [0.1, 0.15) is 0 Å². The van der Waals surface area contributed by atoms with Gasteiger partial charge in [-0.05, 0) is 20.3 Å². The summed E-state index contributed by atoms with van der Waals surface area (Å²) >= 11 is 0. The first-order valence-electron chi connectivity index (χ1n) is 3.59. The lowest BCUT2D eigenvalue weighted by Gasteiger charge is -2.20. The van der Waals surface area contributed by atoms with Gasteiger partial charge in [0.2, 0.25) is 0 Å². The van der Waals surface area contributed by atoms with Crippen LogP contribution in [0, 0.1) is 0 Å². The summed E-state index contributed by atoms with van der Waals surface area (Å²) in [5.74, 6) is -0.852. The maximum Gasteiger partial charge on any atom is 0.195 e. The van der Waals surface area contributed by atoms with Gasteiger partial charge < -0.3 is 4.74 Å². The van der Waals surface area contributed by atoms with Crippen LogP contribution in [0.25, 0.3) is 0 Å². The second kappa shape index (κ2) is 4.66. The molecule has 0 aromatic carbocycles.